The quantitative estimate of drug-likeness (QED) is 0.377. The highest BCUT2D eigenvalue weighted by Crippen LogP contribution is 2.42. The molecule has 10 heteroatoms. The molecule has 198 valence electrons. The Balaban J connectivity index is 1.65. The van der Waals surface area contributed by atoms with Gasteiger partial charge in [-0.1, -0.05) is 23.7 Å². The van der Waals surface area contributed by atoms with Crippen molar-refractivity contribution >= 4 is 51.2 Å². The van der Waals surface area contributed by atoms with Gasteiger partial charge in [0.2, 0.25) is 5.91 Å². The fraction of sp³-hybridized carbons (Fsp3) is 0.481. The monoisotopic (exact) mass is 541 g/mol. The van der Waals surface area contributed by atoms with Crippen molar-refractivity contribution in [2.45, 2.75) is 39.7 Å². The lowest BCUT2D eigenvalue weighted by Crippen LogP contribution is -2.50. The number of likely N-dealkylation sites (N-methyl/N-ethyl adjacent to an activating group) is 1. The number of aliphatic imine (C=N–C) groups is 1. The summed E-state index contributed by atoms with van der Waals surface area (Å²) in [6.07, 6.45) is 0.0163. The molecule has 3 N–H and O–H groups in total. The Kier molecular flexibility index (Phi) is 8.18. The summed E-state index contributed by atoms with van der Waals surface area (Å²) in [7, 11) is 2.13. The van der Waals surface area contributed by atoms with Crippen LogP contribution >= 0.6 is 22.9 Å². The van der Waals surface area contributed by atoms with E-state index in [9.17, 15) is 10.2 Å². The first-order chi connectivity index (χ1) is 17.5. The number of piperazine rings is 1. The van der Waals surface area contributed by atoms with Crippen molar-refractivity contribution in [2.75, 3.05) is 51.2 Å². The van der Waals surface area contributed by atoms with Gasteiger partial charge in [0.15, 0.2) is 0 Å². The molecular formula is C27H36ClN7OS. The molecule has 1 amide bonds. The molecule has 1 unspecified atom stereocenters. The number of amidine groups is 2. The summed E-state index contributed by atoms with van der Waals surface area (Å²) in [6.45, 7) is 13.0. The lowest BCUT2D eigenvalue weighted by molar-refractivity contribution is -0.121. The number of rotatable bonds is 6. The molecule has 2 aliphatic heterocycles. The maximum Gasteiger partial charge on any atom is 0.222 e. The SMILES string of the molecule is CC(=N)N1C(=N)C(C)(CC(=O)NCCN2CCN(C)CC2)N=C(c2ccc(Cl)cc2)c2c1sc(C)c2C. The van der Waals surface area contributed by atoms with Gasteiger partial charge in [-0.2, -0.15) is 0 Å². The van der Waals surface area contributed by atoms with Crippen LogP contribution in [0.4, 0.5) is 5.00 Å². The van der Waals surface area contributed by atoms with Crippen molar-refractivity contribution in [3.05, 3.63) is 50.9 Å². The number of carbonyl (C=O) groups is 1. The number of hydrogen-bond donors (Lipinski definition) is 3. The van der Waals surface area contributed by atoms with Gasteiger partial charge in [-0.3, -0.25) is 30.4 Å². The van der Waals surface area contributed by atoms with Crippen molar-refractivity contribution in [3.63, 3.8) is 0 Å². The Hall–Kier alpha value is -2.59. The van der Waals surface area contributed by atoms with E-state index in [1.54, 1.807) is 23.2 Å². The molecule has 1 fully saturated rings. The maximum absolute atomic E-state index is 13.2. The summed E-state index contributed by atoms with van der Waals surface area (Å²) in [5, 5.41) is 22.2. The van der Waals surface area contributed by atoms with E-state index >= 15 is 0 Å². The summed E-state index contributed by atoms with van der Waals surface area (Å²) in [4.78, 5) is 25.7. The van der Waals surface area contributed by atoms with Gasteiger partial charge < -0.3 is 10.2 Å². The minimum Gasteiger partial charge on any atom is -0.355 e. The minimum absolute atomic E-state index is 0.0163. The normalized spacial score (nSPS) is 20.9. The summed E-state index contributed by atoms with van der Waals surface area (Å²) < 4.78 is 0. The molecule has 0 bridgehead atoms. The Morgan fingerprint density at radius 3 is 2.46 bits per heavy atom. The third kappa shape index (κ3) is 5.80. The van der Waals surface area contributed by atoms with Crippen molar-refractivity contribution in [3.8, 4) is 0 Å². The van der Waals surface area contributed by atoms with Crippen molar-refractivity contribution in [1.29, 1.82) is 10.8 Å². The third-order valence-corrected chi connectivity index (χ3v) is 8.65. The first-order valence-corrected chi connectivity index (χ1v) is 13.8. The van der Waals surface area contributed by atoms with Gasteiger partial charge in [0.1, 0.15) is 22.2 Å². The highest BCUT2D eigenvalue weighted by atomic mass is 35.5. The first kappa shape index (κ1) is 27.4. The fourth-order valence-electron chi connectivity index (χ4n) is 4.80. The smallest absolute Gasteiger partial charge is 0.222 e. The predicted molar refractivity (Wildman–Crippen MR) is 154 cm³/mol. The van der Waals surface area contributed by atoms with E-state index in [0.29, 0.717) is 11.6 Å². The molecule has 0 radical (unpaired) electrons. The van der Waals surface area contributed by atoms with Crippen molar-refractivity contribution in [1.82, 2.24) is 15.1 Å². The fourth-order valence-corrected chi connectivity index (χ4v) is 6.15. The van der Waals surface area contributed by atoms with Crippen LogP contribution in [0.1, 0.15) is 41.8 Å². The number of anilines is 1. The molecule has 1 atom stereocenters. The number of carbonyl (C=O) groups excluding carboxylic acids is 1. The topological polar surface area (TPSA) is 98.9 Å². The number of halogens is 1. The standard InChI is InChI=1S/C27H36ClN7OS/c1-17-18(2)37-25-23(17)24(20-6-8-21(28)9-7-20)32-27(4,26(30)35(25)19(3)29)16-22(36)31-10-11-34-14-12-33(5)13-15-34/h6-9,29-30H,10-16H2,1-5H3,(H,31,36). The van der Waals surface area contributed by atoms with E-state index in [4.69, 9.17) is 22.0 Å². The molecule has 37 heavy (non-hydrogen) atoms. The lowest BCUT2D eigenvalue weighted by Gasteiger charge is -2.33. The van der Waals surface area contributed by atoms with Crippen LogP contribution in [-0.4, -0.2) is 84.9 Å². The van der Waals surface area contributed by atoms with Crippen molar-refractivity contribution < 1.29 is 4.79 Å². The number of amides is 1. The molecule has 1 saturated heterocycles. The van der Waals surface area contributed by atoms with Gasteiger partial charge >= 0.3 is 0 Å². The molecule has 1 aromatic carbocycles. The Labute approximate surface area is 228 Å². The van der Waals surface area contributed by atoms with Crippen LogP contribution in [0.25, 0.3) is 0 Å². The van der Waals surface area contributed by atoms with E-state index in [1.165, 1.54) is 0 Å². The molecule has 8 nitrogen and oxygen atoms in total. The maximum atomic E-state index is 13.2. The number of nitrogens with zero attached hydrogens (tertiary/aromatic N) is 4. The summed E-state index contributed by atoms with van der Waals surface area (Å²) in [6, 6.07) is 7.49. The summed E-state index contributed by atoms with van der Waals surface area (Å²) in [5.74, 6) is 0.198. The van der Waals surface area contributed by atoms with Gasteiger partial charge in [-0.25, -0.2) is 0 Å². The summed E-state index contributed by atoms with van der Waals surface area (Å²) in [5.41, 5.74) is 2.39. The van der Waals surface area contributed by atoms with Crippen LogP contribution in [0.2, 0.25) is 5.02 Å². The molecular weight excluding hydrogens is 506 g/mol. The zero-order valence-electron chi connectivity index (χ0n) is 22.2. The Morgan fingerprint density at radius 1 is 1.19 bits per heavy atom. The zero-order chi connectivity index (χ0) is 26.9. The van der Waals surface area contributed by atoms with Crippen LogP contribution in [0.3, 0.4) is 0 Å². The predicted octanol–water partition coefficient (Wildman–Crippen LogP) is 4.16. The van der Waals surface area contributed by atoms with E-state index in [2.05, 4.69) is 22.2 Å². The Morgan fingerprint density at radius 2 is 1.84 bits per heavy atom. The molecule has 0 spiro atoms. The van der Waals surface area contributed by atoms with E-state index < -0.39 is 5.54 Å². The van der Waals surface area contributed by atoms with Crippen LogP contribution < -0.4 is 10.2 Å². The highest BCUT2D eigenvalue weighted by molar-refractivity contribution is 7.17. The van der Waals surface area contributed by atoms with Crippen molar-refractivity contribution in [2.24, 2.45) is 4.99 Å². The number of aryl methyl sites for hydroxylation is 1. The van der Waals surface area contributed by atoms with E-state index in [1.807, 2.05) is 45.0 Å². The van der Waals surface area contributed by atoms with Gasteiger partial charge in [-0.15, -0.1) is 11.3 Å². The number of hydrogen-bond acceptors (Lipinski definition) is 7. The zero-order valence-corrected chi connectivity index (χ0v) is 23.8. The molecule has 1 aromatic heterocycles. The highest BCUT2D eigenvalue weighted by Gasteiger charge is 2.42. The van der Waals surface area contributed by atoms with E-state index in [-0.39, 0.29) is 24.0 Å². The number of nitrogens with one attached hydrogen (secondary N) is 3. The van der Waals surface area contributed by atoms with Gasteiger partial charge in [-0.05, 0) is 52.4 Å². The van der Waals surface area contributed by atoms with Gasteiger partial charge in [0, 0.05) is 60.3 Å². The second-order valence-corrected chi connectivity index (χ2v) is 11.8. The number of benzene rings is 1. The molecule has 2 aromatic rings. The number of thiophene rings is 1. The summed E-state index contributed by atoms with van der Waals surface area (Å²) >= 11 is 7.73. The van der Waals surface area contributed by atoms with Gasteiger partial charge in [0.05, 0.1) is 12.1 Å². The largest absolute Gasteiger partial charge is 0.355 e. The molecule has 0 saturated carbocycles. The molecule has 0 aliphatic carbocycles. The molecule has 4 rings (SSSR count). The van der Waals surface area contributed by atoms with E-state index in [0.717, 1.165) is 65.0 Å². The first-order valence-electron chi connectivity index (χ1n) is 12.6. The van der Waals surface area contributed by atoms with Crippen LogP contribution in [0.5, 0.6) is 0 Å². The average molecular weight is 542 g/mol. The van der Waals surface area contributed by atoms with Gasteiger partial charge in [0.25, 0.3) is 0 Å². The van der Waals surface area contributed by atoms with Crippen LogP contribution in [0.15, 0.2) is 29.3 Å². The lowest BCUT2D eigenvalue weighted by atomic mass is 9.94. The minimum atomic E-state index is -1.16. The second kappa shape index (κ2) is 11.0. The second-order valence-electron chi connectivity index (χ2n) is 10.1. The Bertz CT molecular complexity index is 1230. The molecule has 3 heterocycles. The van der Waals surface area contributed by atoms with Crippen LogP contribution in [0, 0.1) is 24.7 Å². The third-order valence-electron chi connectivity index (χ3n) is 7.20. The number of fused-ring (bicyclic) bond motifs is 1. The average Bonchev–Trinajstić information content (AvgIpc) is 3.07. The van der Waals surface area contributed by atoms with Crippen LogP contribution in [-0.2, 0) is 4.79 Å². The molecule has 2 aliphatic rings.